The Hall–Kier alpha value is -0.900. The van der Waals surface area contributed by atoms with Crippen LogP contribution in [-0.4, -0.2) is 21.3 Å². The number of hydrogen-bond donors (Lipinski definition) is 1. The number of fused-ring (bicyclic) bond motifs is 1. The summed E-state index contributed by atoms with van der Waals surface area (Å²) in [5, 5.41) is 12.3. The summed E-state index contributed by atoms with van der Waals surface area (Å²) in [6.07, 6.45) is 0.991. The van der Waals surface area contributed by atoms with Crippen molar-refractivity contribution in [2.75, 3.05) is 6.54 Å². The number of nitrogens with one attached hydrogen (secondary N) is 1. The second-order valence-corrected chi connectivity index (χ2v) is 6.54. The topological polar surface area (TPSA) is 42.7 Å². The molecule has 0 aromatic carbocycles. The van der Waals surface area contributed by atoms with Gasteiger partial charge in [-0.2, -0.15) is 0 Å². The quantitative estimate of drug-likeness (QED) is 0.855. The van der Waals surface area contributed by atoms with Gasteiger partial charge in [-0.15, -0.1) is 10.2 Å². The predicted octanol–water partition coefficient (Wildman–Crippen LogP) is 2.17. The summed E-state index contributed by atoms with van der Waals surface area (Å²) in [5.74, 6) is 2.81. The molecule has 1 aromatic rings. The van der Waals surface area contributed by atoms with Crippen LogP contribution in [0.2, 0.25) is 0 Å². The molecule has 1 unspecified atom stereocenters. The number of nitrogens with zero attached hydrogens (tertiary/aromatic N) is 3. The molecule has 4 heteroatoms. The van der Waals surface area contributed by atoms with Gasteiger partial charge in [-0.1, -0.05) is 34.6 Å². The van der Waals surface area contributed by atoms with E-state index in [-0.39, 0.29) is 5.41 Å². The molecule has 0 aliphatic carbocycles. The minimum atomic E-state index is 0.266. The molecular weight excluding hydrogens is 212 g/mol. The molecule has 0 saturated carbocycles. The van der Waals surface area contributed by atoms with E-state index >= 15 is 0 Å². The first-order valence-electron chi connectivity index (χ1n) is 6.54. The van der Waals surface area contributed by atoms with Gasteiger partial charge in [-0.3, -0.25) is 0 Å². The van der Waals surface area contributed by atoms with Crippen LogP contribution < -0.4 is 5.32 Å². The summed E-state index contributed by atoms with van der Waals surface area (Å²) < 4.78 is 2.31. The third-order valence-corrected chi connectivity index (χ3v) is 3.19. The van der Waals surface area contributed by atoms with Crippen molar-refractivity contribution in [1.29, 1.82) is 0 Å². The number of aromatic nitrogens is 3. The van der Waals surface area contributed by atoms with Crippen molar-refractivity contribution < 1.29 is 0 Å². The Morgan fingerprint density at radius 1 is 1.35 bits per heavy atom. The maximum atomic E-state index is 4.39. The van der Waals surface area contributed by atoms with Crippen LogP contribution in [-0.2, 0) is 13.0 Å². The normalized spacial score (nSPS) is 20.7. The zero-order chi connectivity index (χ0) is 12.6. The minimum absolute atomic E-state index is 0.266. The lowest BCUT2D eigenvalue weighted by Crippen LogP contribution is -2.37. The smallest absolute Gasteiger partial charge is 0.150 e. The monoisotopic (exact) mass is 236 g/mol. The molecule has 4 nitrogen and oxygen atoms in total. The molecule has 0 saturated heterocycles. The van der Waals surface area contributed by atoms with E-state index in [1.165, 1.54) is 0 Å². The van der Waals surface area contributed by atoms with E-state index < -0.39 is 0 Å². The molecule has 0 radical (unpaired) electrons. The Bertz CT molecular complexity index is 387. The zero-order valence-electron chi connectivity index (χ0n) is 11.6. The van der Waals surface area contributed by atoms with Crippen molar-refractivity contribution in [3.63, 3.8) is 0 Å². The number of rotatable bonds is 2. The highest BCUT2D eigenvalue weighted by atomic mass is 15.3. The molecule has 2 heterocycles. The van der Waals surface area contributed by atoms with E-state index in [9.17, 15) is 0 Å². The van der Waals surface area contributed by atoms with E-state index in [2.05, 4.69) is 54.7 Å². The summed E-state index contributed by atoms with van der Waals surface area (Å²) >= 11 is 0. The molecule has 0 fully saturated rings. The molecule has 1 aliphatic rings. The van der Waals surface area contributed by atoms with Gasteiger partial charge in [0.1, 0.15) is 5.82 Å². The first-order valence-corrected chi connectivity index (χ1v) is 6.54. The molecule has 2 rings (SSSR count). The first-order chi connectivity index (χ1) is 7.88. The molecular formula is C13H24N4. The molecule has 1 N–H and O–H groups in total. The second-order valence-electron chi connectivity index (χ2n) is 6.54. The fourth-order valence-corrected chi connectivity index (χ4v) is 2.38. The summed E-state index contributed by atoms with van der Waals surface area (Å²) in [6.45, 7) is 13.2. The van der Waals surface area contributed by atoms with Gasteiger partial charge in [0.05, 0.1) is 6.04 Å². The molecule has 96 valence electrons. The van der Waals surface area contributed by atoms with E-state index in [1.807, 2.05) is 0 Å². The van der Waals surface area contributed by atoms with Crippen LogP contribution in [0.3, 0.4) is 0 Å². The fourth-order valence-electron chi connectivity index (χ4n) is 2.38. The highest BCUT2D eigenvalue weighted by Gasteiger charge is 2.28. The van der Waals surface area contributed by atoms with E-state index in [1.54, 1.807) is 0 Å². The van der Waals surface area contributed by atoms with Gasteiger partial charge in [0, 0.05) is 19.5 Å². The Labute approximate surface area is 104 Å². The molecule has 0 amide bonds. The van der Waals surface area contributed by atoms with Crippen molar-refractivity contribution in [1.82, 2.24) is 20.1 Å². The average Bonchev–Trinajstić information content (AvgIpc) is 2.59. The van der Waals surface area contributed by atoms with Gasteiger partial charge in [-0.25, -0.2) is 0 Å². The van der Waals surface area contributed by atoms with Crippen LogP contribution in [0.15, 0.2) is 0 Å². The maximum Gasteiger partial charge on any atom is 0.150 e. The van der Waals surface area contributed by atoms with Gasteiger partial charge >= 0.3 is 0 Å². The highest BCUT2D eigenvalue weighted by Crippen LogP contribution is 2.26. The van der Waals surface area contributed by atoms with Crippen molar-refractivity contribution in [3.8, 4) is 0 Å². The molecule has 1 aliphatic heterocycles. The third-order valence-electron chi connectivity index (χ3n) is 3.19. The largest absolute Gasteiger partial charge is 0.312 e. The third kappa shape index (κ3) is 2.68. The summed E-state index contributed by atoms with van der Waals surface area (Å²) in [5.41, 5.74) is 0.266. The van der Waals surface area contributed by atoms with E-state index in [4.69, 9.17) is 0 Å². The Morgan fingerprint density at radius 2 is 2.06 bits per heavy atom. The van der Waals surface area contributed by atoms with Crippen LogP contribution >= 0.6 is 0 Å². The van der Waals surface area contributed by atoms with Gasteiger partial charge in [-0.05, 0) is 11.3 Å². The molecule has 0 bridgehead atoms. The average molecular weight is 236 g/mol. The van der Waals surface area contributed by atoms with Crippen LogP contribution in [0.5, 0.6) is 0 Å². The van der Waals surface area contributed by atoms with Gasteiger partial charge in [0.15, 0.2) is 5.82 Å². The van der Waals surface area contributed by atoms with Gasteiger partial charge < -0.3 is 9.88 Å². The predicted molar refractivity (Wildman–Crippen MR) is 68.8 cm³/mol. The molecule has 17 heavy (non-hydrogen) atoms. The Morgan fingerprint density at radius 3 is 2.65 bits per heavy atom. The summed E-state index contributed by atoms with van der Waals surface area (Å²) in [6, 6.07) is 0.352. The van der Waals surface area contributed by atoms with Crippen LogP contribution in [0, 0.1) is 11.3 Å². The molecule has 1 atom stereocenters. The van der Waals surface area contributed by atoms with Crippen LogP contribution in [0.25, 0.3) is 0 Å². The summed E-state index contributed by atoms with van der Waals surface area (Å²) in [7, 11) is 0. The standard InChI is InChI=1S/C13H24N4/c1-9(2)11-12-16-15-10(8-13(3,4)5)17(12)7-6-14-11/h9,11,14H,6-8H2,1-5H3. The first kappa shape index (κ1) is 12.6. The van der Waals surface area contributed by atoms with Crippen molar-refractivity contribution in [2.24, 2.45) is 11.3 Å². The lowest BCUT2D eigenvalue weighted by Gasteiger charge is -2.28. The molecule has 1 aromatic heterocycles. The van der Waals surface area contributed by atoms with Crippen molar-refractivity contribution >= 4 is 0 Å². The van der Waals surface area contributed by atoms with Crippen molar-refractivity contribution in [2.45, 2.75) is 53.6 Å². The minimum Gasteiger partial charge on any atom is -0.312 e. The molecule has 0 spiro atoms. The Balaban J connectivity index is 2.28. The summed E-state index contributed by atoms with van der Waals surface area (Å²) in [4.78, 5) is 0. The van der Waals surface area contributed by atoms with Crippen LogP contribution in [0.4, 0.5) is 0 Å². The van der Waals surface area contributed by atoms with Gasteiger partial charge in [0.2, 0.25) is 0 Å². The van der Waals surface area contributed by atoms with E-state index in [0.717, 1.165) is 31.2 Å². The SMILES string of the molecule is CC(C)C1NCCn2c(CC(C)(C)C)nnc21. The zero-order valence-corrected chi connectivity index (χ0v) is 11.6. The Kier molecular flexibility index (Phi) is 3.25. The van der Waals surface area contributed by atoms with Gasteiger partial charge in [0.25, 0.3) is 0 Å². The number of hydrogen-bond acceptors (Lipinski definition) is 3. The lowest BCUT2D eigenvalue weighted by atomic mass is 9.92. The van der Waals surface area contributed by atoms with Crippen molar-refractivity contribution in [3.05, 3.63) is 11.6 Å². The second kappa shape index (κ2) is 4.41. The van der Waals surface area contributed by atoms with E-state index in [0.29, 0.717) is 12.0 Å². The van der Waals surface area contributed by atoms with Crippen LogP contribution in [0.1, 0.15) is 52.3 Å². The highest BCUT2D eigenvalue weighted by molar-refractivity contribution is 5.06. The fraction of sp³-hybridized carbons (Fsp3) is 0.846. The lowest BCUT2D eigenvalue weighted by molar-refractivity contribution is 0.326. The maximum absolute atomic E-state index is 4.39.